The Morgan fingerprint density at radius 2 is 2.05 bits per heavy atom. The maximum absolute atomic E-state index is 12.4. The van der Waals surface area contributed by atoms with Crippen LogP contribution in [0.1, 0.15) is 27.7 Å². The van der Waals surface area contributed by atoms with Gasteiger partial charge in [0.2, 0.25) is 0 Å². The van der Waals surface area contributed by atoms with Crippen LogP contribution in [-0.4, -0.2) is 18.2 Å². The molecule has 0 aliphatic carbocycles. The molecule has 0 unspecified atom stereocenters. The predicted octanol–water partition coefficient (Wildman–Crippen LogP) is 5.26. The Bertz CT molecular complexity index is 523. The Kier molecular flexibility index (Phi) is 5.89. The first-order chi connectivity index (χ1) is 9.10. The third kappa shape index (κ3) is 5.32. The number of halogens is 2. The van der Waals surface area contributed by atoms with Crippen molar-refractivity contribution in [3.8, 4) is 0 Å². The fourth-order valence-corrected chi connectivity index (χ4v) is 2.32. The van der Waals surface area contributed by atoms with Crippen LogP contribution in [0.15, 0.2) is 30.4 Å². The first-order valence-electron chi connectivity index (χ1n) is 6.20. The first-order valence-corrected chi connectivity index (χ1v) is 7.66. The standard InChI is InChI=1S/C15H19ClINO2/c1-10(2)9-18(14(19)20-15(3,4)5)13-8-11(16)6-7-12(13)17/h6-8H,1,9H2,2-5H3. The third-order valence-electron chi connectivity index (χ3n) is 2.24. The quantitative estimate of drug-likeness (QED) is 0.505. The zero-order valence-corrected chi connectivity index (χ0v) is 15.1. The van der Waals surface area contributed by atoms with Crippen LogP contribution in [0.5, 0.6) is 0 Å². The molecule has 0 heterocycles. The minimum atomic E-state index is -0.547. The van der Waals surface area contributed by atoms with Gasteiger partial charge in [0.25, 0.3) is 0 Å². The van der Waals surface area contributed by atoms with E-state index in [2.05, 4.69) is 29.2 Å². The van der Waals surface area contributed by atoms with E-state index in [1.54, 1.807) is 17.0 Å². The van der Waals surface area contributed by atoms with Crippen molar-refractivity contribution in [3.05, 3.63) is 38.9 Å². The summed E-state index contributed by atoms with van der Waals surface area (Å²) < 4.78 is 6.38. The highest BCUT2D eigenvalue weighted by Crippen LogP contribution is 2.28. The molecule has 110 valence electrons. The van der Waals surface area contributed by atoms with E-state index in [1.807, 2.05) is 33.8 Å². The molecule has 1 aromatic carbocycles. The lowest BCUT2D eigenvalue weighted by atomic mass is 10.2. The molecule has 0 saturated carbocycles. The van der Waals surface area contributed by atoms with Crippen LogP contribution >= 0.6 is 34.2 Å². The summed E-state index contributed by atoms with van der Waals surface area (Å²) in [5.74, 6) is 0. The zero-order chi connectivity index (χ0) is 15.5. The molecule has 0 saturated heterocycles. The summed E-state index contributed by atoms with van der Waals surface area (Å²) in [6, 6.07) is 5.42. The van der Waals surface area contributed by atoms with Crippen LogP contribution in [-0.2, 0) is 4.74 Å². The number of carbonyl (C=O) groups is 1. The maximum atomic E-state index is 12.4. The maximum Gasteiger partial charge on any atom is 0.415 e. The SMILES string of the molecule is C=C(C)CN(C(=O)OC(C)(C)C)c1cc(Cl)ccc1I. The largest absolute Gasteiger partial charge is 0.443 e. The molecule has 1 amide bonds. The van der Waals surface area contributed by atoms with Gasteiger partial charge in [-0.2, -0.15) is 0 Å². The second kappa shape index (κ2) is 6.80. The molecule has 0 fully saturated rings. The fraction of sp³-hybridized carbons (Fsp3) is 0.400. The van der Waals surface area contributed by atoms with Gasteiger partial charge in [0, 0.05) is 15.1 Å². The van der Waals surface area contributed by atoms with Crippen LogP contribution in [0.4, 0.5) is 10.5 Å². The molecule has 0 spiro atoms. The minimum absolute atomic E-state index is 0.394. The van der Waals surface area contributed by atoms with Gasteiger partial charge < -0.3 is 4.74 Å². The highest BCUT2D eigenvalue weighted by atomic mass is 127. The molecule has 0 N–H and O–H groups in total. The molecule has 3 nitrogen and oxygen atoms in total. The summed E-state index contributed by atoms with van der Waals surface area (Å²) in [6.45, 7) is 11.7. The van der Waals surface area contributed by atoms with Crippen molar-refractivity contribution < 1.29 is 9.53 Å². The summed E-state index contributed by atoms with van der Waals surface area (Å²) in [5.41, 5.74) is 1.05. The van der Waals surface area contributed by atoms with Gasteiger partial charge in [0.15, 0.2) is 0 Å². The summed E-state index contributed by atoms with van der Waals surface area (Å²) in [5, 5.41) is 0.579. The lowest BCUT2D eigenvalue weighted by Gasteiger charge is -2.28. The Morgan fingerprint density at radius 3 is 2.55 bits per heavy atom. The number of hydrogen-bond donors (Lipinski definition) is 0. The summed E-state index contributed by atoms with van der Waals surface area (Å²) in [4.78, 5) is 13.9. The van der Waals surface area contributed by atoms with Gasteiger partial charge in [-0.25, -0.2) is 4.79 Å². The molecule has 0 atom stereocenters. The average molecular weight is 408 g/mol. The van der Waals surface area contributed by atoms with Crippen molar-refractivity contribution in [3.63, 3.8) is 0 Å². The lowest BCUT2D eigenvalue weighted by molar-refractivity contribution is 0.0583. The van der Waals surface area contributed by atoms with Gasteiger partial charge in [0.05, 0.1) is 5.69 Å². The second-order valence-electron chi connectivity index (χ2n) is 5.62. The van der Waals surface area contributed by atoms with Crippen LogP contribution in [0, 0.1) is 3.57 Å². The van der Waals surface area contributed by atoms with Gasteiger partial charge in [-0.3, -0.25) is 4.90 Å². The van der Waals surface area contributed by atoms with Gasteiger partial charge >= 0.3 is 6.09 Å². The van der Waals surface area contributed by atoms with E-state index in [-0.39, 0.29) is 0 Å². The Morgan fingerprint density at radius 1 is 1.45 bits per heavy atom. The highest BCUT2D eigenvalue weighted by Gasteiger charge is 2.24. The zero-order valence-electron chi connectivity index (χ0n) is 12.2. The van der Waals surface area contributed by atoms with E-state index in [9.17, 15) is 4.79 Å². The monoisotopic (exact) mass is 407 g/mol. The van der Waals surface area contributed by atoms with Crippen LogP contribution in [0.25, 0.3) is 0 Å². The van der Waals surface area contributed by atoms with Crippen LogP contribution in [0.3, 0.4) is 0 Å². The number of rotatable bonds is 3. The van der Waals surface area contributed by atoms with Gasteiger partial charge in [-0.05, 0) is 68.5 Å². The smallest absolute Gasteiger partial charge is 0.415 e. The number of amides is 1. The number of nitrogens with zero attached hydrogens (tertiary/aromatic N) is 1. The molecule has 1 aromatic rings. The van der Waals surface area contributed by atoms with Crippen LogP contribution in [0.2, 0.25) is 5.02 Å². The minimum Gasteiger partial charge on any atom is -0.443 e. The molecule has 5 heteroatoms. The molecule has 20 heavy (non-hydrogen) atoms. The van der Waals surface area contributed by atoms with Gasteiger partial charge in [-0.1, -0.05) is 23.8 Å². The molecule has 0 bridgehead atoms. The second-order valence-corrected chi connectivity index (χ2v) is 7.22. The van der Waals surface area contributed by atoms with Crippen molar-refractivity contribution >= 4 is 46.0 Å². The van der Waals surface area contributed by atoms with Crippen LogP contribution < -0.4 is 4.90 Å². The summed E-state index contributed by atoms with van der Waals surface area (Å²) in [6.07, 6.45) is -0.402. The summed E-state index contributed by atoms with van der Waals surface area (Å²) >= 11 is 8.20. The molecule has 0 aliphatic heterocycles. The molecule has 0 aliphatic rings. The number of benzene rings is 1. The van der Waals surface area contributed by atoms with E-state index in [1.165, 1.54) is 0 Å². The van der Waals surface area contributed by atoms with Gasteiger partial charge in [-0.15, -0.1) is 0 Å². The van der Waals surface area contributed by atoms with Crippen molar-refractivity contribution in [2.45, 2.75) is 33.3 Å². The Balaban J connectivity index is 3.15. The van der Waals surface area contributed by atoms with Gasteiger partial charge in [0.1, 0.15) is 5.60 Å². The van der Waals surface area contributed by atoms with Crippen molar-refractivity contribution in [2.24, 2.45) is 0 Å². The molecule has 1 rings (SSSR count). The Labute approximate surface area is 139 Å². The molecule has 0 aromatic heterocycles. The fourth-order valence-electron chi connectivity index (χ4n) is 1.53. The Hall–Kier alpha value is -0.750. The molecule has 0 radical (unpaired) electrons. The number of ether oxygens (including phenoxy) is 1. The number of anilines is 1. The van der Waals surface area contributed by atoms with Crippen molar-refractivity contribution in [1.29, 1.82) is 0 Å². The molecular formula is C15H19ClINO2. The first kappa shape index (κ1) is 17.3. The summed E-state index contributed by atoms with van der Waals surface area (Å²) in [7, 11) is 0. The number of carbonyl (C=O) groups excluding carboxylic acids is 1. The van der Waals surface area contributed by atoms with E-state index < -0.39 is 11.7 Å². The highest BCUT2D eigenvalue weighted by molar-refractivity contribution is 14.1. The van der Waals surface area contributed by atoms with E-state index in [0.29, 0.717) is 11.6 Å². The third-order valence-corrected chi connectivity index (χ3v) is 3.39. The molecular weight excluding hydrogens is 389 g/mol. The topological polar surface area (TPSA) is 29.5 Å². The lowest BCUT2D eigenvalue weighted by Crippen LogP contribution is -2.38. The van der Waals surface area contributed by atoms with E-state index in [0.717, 1.165) is 14.8 Å². The number of hydrogen-bond acceptors (Lipinski definition) is 2. The van der Waals surface area contributed by atoms with E-state index >= 15 is 0 Å². The van der Waals surface area contributed by atoms with E-state index in [4.69, 9.17) is 16.3 Å². The normalized spacial score (nSPS) is 11.1. The van der Waals surface area contributed by atoms with Crippen molar-refractivity contribution in [2.75, 3.05) is 11.4 Å². The average Bonchev–Trinajstić information content (AvgIpc) is 2.27. The predicted molar refractivity (Wildman–Crippen MR) is 92.6 cm³/mol. The van der Waals surface area contributed by atoms with Crippen molar-refractivity contribution in [1.82, 2.24) is 0 Å².